The second-order valence-electron chi connectivity index (χ2n) is 4.24. The van der Waals surface area contributed by atoms with Crippen molar-refractivity contribution in [2.45, 2.75) is 6.54 Å². The van der Waals surface area contributed by atoms with Gasteiger partial charge in [-0.3, -0.25) is 9.67 Å². The van der Waals surface area contributed by atoms with E-state index in [1.807, 2.05) is 30.3 Å². The van der Waals surface area contributed by atoms with Gasteiger partial charge in [0.2, 0.25) is 0 Å². The van der Waals surface area contributed by atoms with Crippen LogP contribution in [0.5, 0.6) is 5.75 Å². The lowest BCUT2D eigenvalue weighted by Gasteiger charge is -2.07. The van der Waals surface area contributed by atoms with Gasteiger partial charge in [-0.2, -0.15) is 5.10 Å². The first-order chi connectivity index (χ1) is 9.31. The number of nitrogens with two attached hydrogens (primary N) is 1. The maximum atomic E-state index is 5.69. The average Bonchev–Trinajstić information content (AvgIpc) is 2.84. The van der Waals surface area contributed by atoms with Gasteiger partial charge < -0.3 is 10.5 Å². The standard InChI is InChI=1S/C14H14N4O/c15-12-9-17-18(10-12)6-7-19-13-4-3-11-2-1-5-16-14(11)8-13/h1-5,8-10H,6-7,15H2. The molecule has 5 nitrogen and oxygen atoms in total. The third-order valence-corrected chi connectivity index (χ3v) is 2.82. The number of ether oxygens (including phenoxy) is 1. The third-order valence-electron chi connectivity index (χ3n) is 2.82. The van der Waals surface area contributed by atoms with E-state index in [-0.39, 0.29) is 0 Å². The van der Waals surface area contributed by atoms with Gasteiger partial charge in [0.1, 0.15) is 12.4 Å². The molecular weight excluding hydrogens is 240 g/mol. The summed E-state index contributed by atoms with van der Waals surface area (Å²) in [6, 6.07) is 9.83. The Morgan fingerprint density at radius 3 is 3.05 bits per heavy atom. The van der Waals surface area contributed by atoms with Crippen LogP contribution in [-0.2, 0) is 6.54 Å². The Kier molecular flexibility index (Phi) is 3.02. The molecule has 0 saturated heterocycles. The number of benzene rings is 1. The van der Waals surface area contributed by atoms with Gasteiger partial charge in [-0.15, -0.1) is 0 Å². The normalized spacial score (nSPS) is 10.7. The fraction of sp³-hybridized carbons (Fsp3) is 0.143. The fourth-order valence-electron chi connectivity index (χ4n) is 1.89. The molecule has 0 atom stereocenters. The molecule has 0 fully saturated rings. The first kappa shape index (κ1) is 11.5. The Bertz CT molecular complexity index is 692. The van der Waals surface area contributed by atoms with Crippen molar-refractivity contribution in [3.05, 3.63) is 48.9 Å². The van der Waals surface area contributed by atoms with Crippen LogP contribution in [0.4, 0.5) is 5.69 Å². The van der Waals surface area contributed by atoms with Gasteiger partial charge in [-0.05, 0) is 18.2 Å². The van der Waals surface area contributed by atoms with Gasteiger partial charge >= 0.3 is 0 Å². The molecule has 0 aliphatic rings. The Hall–Kier alpha value is -2.56. The number of pyridine rings is 1. The highest BCUT2D eigenvalue weighted by Gasteiger charge is 1.99. The minimum Gasteiger partial charge on any atom is -0.492 e. The van der Waals surface area contributed by atoms with E-state index >= 15 is 0 Å². The molecule has 96 valence electrons. The number of aromatic nitrogens is 3. The monoisotopic (exact) mass is 254 g/mol. The third kappa shape index (κ3) is 2.65. The second-order valence-corrected chi connectivity index (χ2v) is 4.24. The van der Waals surface area contributed by atoms with Gasteiger partial charge in [-0.1, -0.05) is 6.07 Å². The molecule has 3 aromatic rings. The van der Waals surface area contributed by atoms with Crippen molar-refractivity contribution in [3.63, 3.8) is 0 Å². The molecule has 0 aliphatic carbocycles. The molecule has 5 heteroatoms. The maximum absolute atomic E-state index is 5.69. The Morgan fingerprint density at radius 1 is 1.26 bits per heavy atom. The summed E-state index contributed by atoms with van der Waals surface area (Å²) in [6.07, 6.45) is 5.18. The molecule has 0 unspecified atom stereocenters. The van der Waals surface area contributed by atoms with Crippen LogP contribution in [0.25, 0.3) is 10.9 Å². The Labute approximate surface area is 110 Å². The molecule has 0 saturated carbocycles. The molecule has 2 heterocycles. The van der Waals surface area contributed by atoms with Crippen molar-refractivity contribution in [2.75, 3.05) is 12.3 Å². The fourth-order valence-corrected chi connectivity index (χ4v) is 1.89. The topological polar surface area (TPSA) is 66.0 Å². The number of nitrogen functional groups attached to an aromatic ring is 1. The maximum Gasteiger partial charge on any atom is 0.121 e. The molecule has 0 amide bonds. The zero-order valence-corrected chi connectivity index (χ0v) is 10.4. The number of hydrogen-bond donors (Lipinski definition) is 1. The highest BCUT2D eigenvalue weighted by molar-refractivity contribution is 5.79. The highest BCUT2D eigenvalue weighted by Crippen LogP contribution is 2.18. The molecule has 0 spiro atoms. The highest BCUT2D eigenvalue weighted by atomic mass is 16.5. The van der Waals surface area contributed by atoms with Crippen LogP contribution in [0.1, 0.15) is 0 Å². The lowest BCUT2D eigenvalue weighted by molar-refractivity contribution is 0.291. The Balaban J connectivity index is 1.65. The average molecular weight is 254 g/mol. The van der Waals surface area contributed by atoms with Gasteiger partial charge in [-0.25, -0.2) is 0 Å². The van der Waals surface area contributed by atoms with Crippen LogP contribution < -0.4 is 10.5 Å². The first-order valence-corrected chi connectivity index (χ1v) is 6.07. The number of rotatable bonds is 4. The molecule has 1 aromatic carbocycles. The molecule has 2 N–H and O–H groups in total. The zero-order valence-electron chi connectivity index (χ0n) is 10.4. The van der Waals surface area contributed by atoms with E-state index in [1.165, 1.54) is 0 Å². The molecular formula is C14H14N4O. The van der Waals surface area contributed by atoms with Crippen LogP contribution in [0, 0.1) is 0 Å². The number of hydrogen-bond acceptors (Lipinski definition) is 4. The van der Waals surface area contributed by atoms with Crippen molar-refractivity contribution in [1.82, 2.24) is 14.8 Å². The zero-order chi connectivity index (χ0) is 13.1. The summed E-state index contributed by atoms with van der Waals surface area (Å²) in [4.78, 5) is 4.30. The summed E-state index contributed by atoms with van der Waals surface area (Å²) in [5.74, 6) is 0.811. The lowest BCUT2D eigenvalue weighted by Crippen LogP contribution is -2.08. The molecule has 2 aromatic heterocycles. The van der Waals surface area contributed by atoms with Crippen molar-refractivity contribution in [3.8, 4) is 5.75 Å². The summed E-state index contributed by atoms with van der Waals surface area (Å²) in [7, 11) is 0. The minimum atomic E-state index is 0.541. The van der Waals surface area contributed by atoms with E-state index in [0.29, 0.717) is 18.8 Å². The van der Waals surface area contributed by atoms with Crippen molar-refractivity contribution < 1.29 is 4.74 Å². The van der Waals surface area contributed by atoms with E-state index < -0.39 is 0 Å². The molecule has 19 heavy (non-hydrogen) atoms. The summed E-state index contributed by atoms with van der Waals surface area (Å²) >= 11 is 0. The quantitative estimate of drug-likeness (QED) is 0.774. The Morgan fingerprint density at radius 2 is 2.21 bits per heavy atom. The lowest BCUT2D eigenvalue weighted by atomic mass is 10.2. The SMILES string of the molecule is Nc1cnn(CCOc2ccc3cccnc3c2)c1. The summed E-state index contributed by atoms with van der Waals surface area (Å²) in [5, 5.41) is 5.20. The van der Waals surface area contributed by atoms with Crippen molar-refractivity contribution in [2.24, 2.45) is 0 Å². The van der Waals surface area contributed by atoms with Crippen LogP contribution in [0.3, 0.4) is 0 Å². The van der Waals surface area contributed by atoms with E-state index in [4.69, 9.17) is 10.5 Å². The van der Waals surface area contributed by atoms with Crippen LogP contribution in [0.2, 0.25) is 0 Å². The van der Waals surface area contributed by atoms with Gasteiger partial charge in [0.25, 0.3) is 0 Å². The van der Waals surface area contributed by atoms with Gasteiger partial charge in [0.05, 0.1) is 23.9 Å². The summed E-state index contributed by atoms with van der Waals surface area (Å²) in [6.45, 7) is 1.21. The van der Waals surface area contributed by atoms with Crippen LogP contribution >= 0.6 is 0 Å². The molecule has 3 rings (SSSR count). The van der Waals surface area contributed by atoms with Crippen LogP contribution in [-0.4, -0.2) is 21.4 Å². The second kappa shape index (κ2) is 4.97. The molecule has 0 bridgehead atoms. The number of anilines is 1. The van der Waals surface area contributed by atoms with E-state index in [1.54, 1.807) is 23.3 Å². The van der Waals surface area contributed by atoms with Gasteiger partial charge in [0.15, 0.2) is 0 Å². The predicted molar refractivity (Wildman–Crippen MR) is 73.9 cm³/mol. The minimum absolute atomic E-state index is 0.541. The van der Waals surface area contributed by atoms with E-state index in [9.17, 15) is 0 Å². The molecule has 0 radical (unpaired) electrons. The first-order valence-electron chi connectivity index (χ1n) is 6.07. The van der Waals surface area contributed by atoms with E-state index in [0.717, 1.165) is 16.7 Å². The van der Waals surface area contributed by atoms with Crippen molar-refractivity contribution in [1.29, 1.82) is 0 Å². The summed E-state index contributed by atoms with van der Waals surface area (Å²) < 4.78 is 7.44. The smallest absolute Gasteiger partial charge is 0.121 e. The van der Waals surface area contributed by atoms with E-state index in [2.05, 4.69) is 10.1 Å². The van der Waals surface area contributed by atoms with Crippen LogP contribution in [0.15, 0.2) is 48.9 Å². The van der Waals surface area contributed by atoms with Crippen molar-refractivity contribution >= 4 is 16.6 Å². The van der Waals surface area contributed by atoms with Gasteiger partial charge in [0, 0.05) is 23.8 Å². The number of nitrogens with zero attached hydrogens (tertiary/aromatic N) is 3. The molecule has 0 aliphatic heterocycles. The number of fused-ring (bicyclic) bond motifs is 1. The largest absolute Gasteiger partial charge is 0.492 e. The summed E-state index contributed by atoms with van der Waals surface area (Å²) in [5.41, 5.74) is 7.19. The predicted octanol–water partition coefficient (Wildman–Crippen LogP) is 2.09.